The molecule has 1 aliphatic carbocycles. The fraction of sp³-hybridized carbons (Fsp3) is 0.462. The number of amidine groups is 1. The number of hydrogen-bond donors (Lipinski definition) is 1. The first-order valence-corrected chi connectivity index (χ1v) is 7.41. The van der Waals surface area contributed by atoms with E-state index in [0.29, 0.717) is 6.04 Å². The molecule has 2 unspecified atom stereocenters. The van der Waals surface area contributed by atoms with Crippen molar-refractivity contribution in [2.75, 3.05) is 11.1 Å². The molecule has 1 aromatic rings. The third kappa shape index (κ3) is 2.61. The van der Waals surface area contributed by atoms with Gasteiger partial charge in [0.15, 0.2) is 5.17 Å². The Labute approximate surface area is 111 Å². The van der Waals surface area contributed by atoms with Gasteiger partial charge in [0, 0.05) is 16.5 Å². The maximum atomic E-state index is 5.96. The molecule has 3 rings (SSSR count). The average Bonchev–Trinajstić information content (AvgIpc) is 2.76. The summed E-state index contributed by atoms with van der Waals surface area (Å²) in [5.74, 6) is 2.02. The van der Waals surface area contributed by atoms with E-state index in [1.165, 1.54) is 25.0 Å². The quantitative estimate of drug-likeness (QED) is 0.830. The Morgan fingerprint density at radius 3 is 3.18 bits per heavy atom. The Bertz CT molecular complexity index is 447. The predicted octanol–water partition coefficient (Wildman–Crippen LogP) is 4.02. The second-order valence-corrected chi connectivity index (χ2v) is 6.08. The van der Waals surface area contributed by atoms with Gasteiger partial charge < -0.3 is 5.32 Å². The van der Waals surface area contributed by atoms with Gasteiger partial charge in [-0.15, -0.1) is 0 Å². The van der Waals surface area contributed by atoms with Crippen LogP contribution in [0.1, 0.15) is 19.3 Å². The zero-order valence-corrected chi connectivity index (χ0v) is 11.1. The SMILES string of the molecule is Clc1cccc(NC2=NC3CCCC3CS2)c1. The zero-order chi connectivity index (χ0) is 11.7. The number of hydrogen-bond acceptors (Lipinski definition) is 3. The van der Waals surface area contributed by atoms with E-state index in [2.05, 4.69) is 5.32 Å². The Hall–Kier alpha value is -0.670. The van der Waals surface area contributed by atoms with E-state index in [0.717, 1.165) is 21.8 Å². The Kier molecular flexibility index (Phi) is 3.30. The molecule has 0 radical (unpaired) electrons. The lowest BCUT2D eigenvalue weighted by molar-refractivity contribution is 0.535. The normalized spacial score (nSPS) is 27.5. The second-order valence-electron chi connectivity index (χ2n) is 4.64. The highest BCUT2D eigenvalue weighted by Crippen LogP contribution is 2.35. The number of aliphatic imine (C=N–C) groups is 1. The van der Waals surface area contributed by atoms with E-state index in [1.807, 2.05) is 36.0 Å². The molecular weight excluding hydrogens is 252 g/mol. The number of benzene rings is 1. The van der Waals surface area contributed by atoms with Crippen LogP contribution in [0.25, 0.3) is 0 Å². The van der Waals surface area contributed by atoms with E-state index in [9.17, 15) is 0 Å². The summed E-state index contributed by atoms with van der Waals surface area (Å²) in [5.41, 5.74) is 1.03. The van der Waals surface area contributed by atoms with E-state index >= 15 is 0 Å². The van der Waals surface area contributed by atoms with E-state index in [-0.39, 0.29) is 0 Å². The van der Waals surface area contributed by atoms with Crippen LogP contribution < -0.4 is 5.32 Å². The van der Waals surface area contributed by atoms with Crippen LogP contribution in [0.15, 0.2) is 29.3 Å². The van der Waals surface area contributed by atoms with Crippen molar-refractivity contribution in [3.8, 4) is 0 Å². The summed E-state index contributed by atoms with van der Waals surface area (Å²) in [7, 11) is 0. The van der Waals surface area contributed by atoms with Crippen molar-refractivity contribution in [3.63, 3.8) is 0 Å². The first-order valence-electron chi connectivity index (χ1n) is 6.04. The predicted molar refractivity (Wildman–Crippen MR) is 76.1 cm³/mol. The third-order valence-corrected chi connectivity index (χ3v) is 4.72. The zero-order valence-electron chi connectivity index (χ0n) is 9.53. The smallest absolute Gasteiger partial charge is 0.161 e. The number of anilines is 1. The Morgan fingerprint density at radius 1 is 1.35 bits per heavy atom. The van der Waals surface area contributed by atoms with Crippen molar-refractivity contribution in [2.45, 2.75) is 25.3 Å². The molecule has 1 aromatic carbocycles. The van der Waals surface area contributed by atoms with Crippen molar-refractivity contribution in [1.29, 1.82) is 0 Å². The molecule has 90 valence electrons. The van der Waals surface area contributed by atoms with Gasteiger partial charge >= 0.3 is 0 Å². The summed E-state index contributed by atoms with van der Waals surface area (Å²) in [4.78, 5) is 4.79. The lowest BCUT2D eigenvalue weighted by Crippen LogP contribution is -2.25. The van der Waals surface area contributed by atoms with Crippen molar-refractivity contribution in [3.05, 3.63) is 29.3 Å². The van der Waals surface area contributed by atoms with Crippen LogP contribution in [0, 0.1) is 5.92 Å². The summed E-state index contributed by atoms with van der Waals surface area (Å²) in [6.07, 6.45) is 3.95. The van der Waals surface area contributed by atoms with Crippen molar-refractivity contribution >= 4 is 34.2 Å². The molecule has 0 saturated heterocycles. The van der Waals surface area contributed by atoms with Gasteiger partial charge in [0.2, 0.25) is 0 Å². The molecule has 1 aliphatic heterocycles. The maximum Gasteiger partial charge on any atom is 0.161 e. The third-order valence-electron chi connectivity index (χ3n) is 3.41. The molecule has 2 aliphatic rings. The summed E-state index contributed by atoms with van der Waals surface area (Å²) >= 11 is 7.80. The molecule has 0 amide bonds. The summed E-state index contributed by atoms with van der Waals surface area (Å²) in [5, 5.41) is 5.17. The van der Waals surface area contributed by atoms with Gasteiger partial charge in [-0.3, -0.25) is 4.99 Å². The standard InChI is InChI=1S/C13H15ClN2S/c14-10-4-2-5-11(7-10)15-13-16-12-6-1-3-9(12)8-17-13/h2,4-5,7,9,12H,1,3,6,8H2,(H,15,16). The molecule has 1 N–H and O–H groups in total. The van der Waals surface area contributed by atoms with Crippen LogP contribution in [-0.2, 0) is 0 Å². The van der Waals surface area contributed by atoms with Gasteiger partial charge in [-0.2, -0.15) is 0 Å². The molecule has 0 aromatic heterocycles. The largest absolute Gasteiger partial charge is 0.335 e. The number of fused-ring (bicyclic) bond motifs is 1. The molecule has 2 nitrogen and oxygen atoms in total. The molecule has 2 atom stereocenters. The van der Waals surface area contributed by atoms with E-state index in [1.54, 1.807) is 0 Å². The minimum atomic E-state index is 0.554. The fourth-order valence-corrected chi connectivity index (χ4v) is 3.86. The fourth-order valence-electron chi connectivity index (χ4n) is 2.51. The van der Waals surface area contributed by atoms with Crippen LogP contribution in [0.4, 0.5) is 5.69 Å². The molecular formula is C13H15ClN2S. The van der Waals surface area contributed by atoms with Gasteiger partial charge in [-0.25, -0.2) is 0 Å². The van der Waals surface area contributed by atoms with Crippen LogP contribution >= 0.6 is 23.4 Å². The molecule has 1 fully saturated rings. The van der Waals surface area contributed by atoms with Gasteiger partial charge in [-0.05, 0) is 37.0 Å². The summed E-state index contributed by atoms with van der Waals surface area (Å²) in [6, 6.07) is 8.35. The number of thioether (sulfide) groups is 1. The van der Waals surface area contributed by atoms with Crippen molar-refractivity contribution in [1.82, 2.24) is 0 Å². The van der Waals surface area contributed by atoms with Gasteiger partial charge in [-0.1, -0.05) is 35.9 Å². The maximum absolute atomic E-state index is 5.96. The number of halogens is 1. The van der Waals surface area contributed by atoms with Crippen molar-refractivity contribution < 1.29 is 0 Å². The Morgan fingerprint density at radius 2 is 2.29 bits per heavy atom. The first kappa shape index (κ1) is 11.4. The van der Waals surface area contributed by atoms with Crippen molar-refractivity contribution in [2.24, 2.45) is 10.9 Å². The average molecular weight is 267 g/mol. The molecule has 1 heterocycles. The first-order chi connectivity index (χ1) is 8.31. The monoisotopic (exact) mass is 266 g/mol. The highest BCUT2D eigenvalue weighted by molar-refractivity contribution is 8.14. The van der Waals surface area contributed by atoms with E-state index < -0.39 is 0 Å². The van der Waals surface area contributed by atoms with Gasteiger partial charge in [0.05, 0.1) is 6.04 Å². The van der Waals surface area contributed by atoms with Crippen LogP contribution in [0.5, 0.6) is 0 Å². The number of nitrogens with one attached hydrogen (secondary N) is 1. The second kappa shape index (κ2) is 4.91. The molecule has 17 heavy (non-hydrogen) atoms. The van der Waals surface area contributed by atoms with Crippen LogP contribution in [0.2, 0.25) is 5.02 Å². The minimum absolute atomic E-state index is 0.554. The summed E-state index contributed by atoms with van der Waals surface area (Å²) in [6.45, 7) is 0. The molecule has 1 saturated carbocycles. The minimum Gasteiger partial charge on any atom is -0.335 e. The molecule has 0 bridgehead atoms. The lowest BCUT2D eigenvalue weighted by Gasteiger charge is -2.23. The highest BCUT2D eigenvalue weighted by atomic mass is 35.5. The topological polar surface area (TPSA) is 24.4 Å². The van der Waals surface area contributed by atoms with Gasteiger partial charge in [0.25, 0.3) is 0 Å². The lowest BCUT2D eigenvalue weighted by atomic mass is 10.1. The van der Waals surface area contributed by atoms with Crippen LogP contribution in [-0.4, -0.2) is 17.0 Å². The highest BCUT2D eigenvalue weighted by Gasteiger charge is 2.30. The summed E-state index contributed by atoms with van der Waals surface area (Å²) < 4.78 is 0. The van der Waals surface area contributed by atoms with Gasteiger partial charge in [0.1, 0.15) is 0 Å². The van der Waals surface area contributed by atoms with Crippen LogP contribution in [0.3, 0.4) is 0 Å². The number of nitrogens with zero attached hydrogens (tertiary/aromatic N) is 1. The number of rotatable bonds is 1. The Balaban J connectivity index is 1.73. The molecule has 4 heteroatoms. The van der Waals surface area contributed by atoms with E-state index in [4.69, 9.17) is 16.6 Å². The molecule has 0 spiro atoms.